The van der Waals surface area contributed by atoms with Gasteiger partial charge in [0, 0.05) is 88.1 Å². The smallest absolute Gasteiger partial charge is 0.232 e. The highest BCUT2D eigenvalue weighted by molar-refractivity contribution is 5.47. The van der Waals surface area contributed by atoms with Gasteiger partial charge >= 0.3 is 0 Å². The lowest BCUT2D eigenvalue weighted by Gasteiger charge is -2.50. The number of unbranched alkanes of at least 4 members (excludes halogenated alkanes) is 6. The molecule has 0 radical (unpaired) electrons. The summed E-state index contributed by atoms with van der Waals surface area (Å²) in [4.78, 5) is 21.9. The SMILES string of the molecule is CC(C)(C)CC(C)(C)CNc1nc(N(CCCCCCNC2CC(C)(C)NC(C)(C)C2)C2CC(C)(C)NC(C)(C)C2)nc(N(CCCCCCNC2CC(C)(C)NC(C)(C)C2)C2CC(C)(C)NC(C)(C)C2)n1. The summed E-state index contributed by atoms with van der Waals surface area (Å²) >= 11 is 0. The quantitative estimate of drug-likeness (QED) is 0.0498. The number of aromatic nitrogens is 3. The summed E-state index contributed by atoms with van der Waals surface area (Å²) in [6.07, 6.45) is 19.4. The highest BCUT2D eigenvalue weighted by Gasteiger charge is 2.44. The average molecular weight is 1010 g/mol. The maximum absolute atomic E-state index is 5.70. The summed E-state index contributed by atoms with van der Waals surface area (Å²) < 4.78 is 0. The first-order valence-corrected chi connectivity index (χ1v) is 29.5. The first kappa shape index (κ1) is 61.0. The van der Waals surface area contributed by atoms with Crippen LogP contribution < -0.4 is 47.0 Å². The molecule has 12 nitrogen and oxygen atoms in total. The Labute approximate surface area is 444 Å². The van der Waals surface area contributed by atoms with E-state index in [9.17, 15) is 0 Å². The van der Waals surface area contributed by atoms with E-state index in [1.54, 1.807) is 0 Å². The van der Waals surface area contributed by atoms with Gasteiger partial charge in [-0.05, 0) is 218 Å². The van der Waals surface area contributed by atoms with Crippen molar-refractivity contribution in [2.45, 2.75) is 323 Å². The highest BCUT2D eigenvalue weighted by Crippen LogP contribution is 2.38. The zero-order valence-corrected chi connectivity index (χ0v) is 51.1. The van der Waals surface area contributed by atoms with Gasteiger partial charge in [0.15, 0.2) is 0 Å². The first-order chi connectivity index (χ1) is 32.8. The molecule has 5 heterocycles. The van der Waals surface area contributed by atoms with Gasteiger partial charge in [-0.15, -0.1) is 0 Å². The Hall–Kier alpha value is -1.83. The monoisotopic (exact) mass is 1010 g/mol. The molecule has 1 aromatic heterocycles. The van der Waals surface area contributed by atoms with Crippen molar-refractivity contribution in [2.24, 2.45) is 10.8 Å². The van der Waals surface area contributed by atoms with Crippen LogP contribution in [0.1, 0.15) is 255 Å². The van der Waals surface area contributed by atoms with Crippen LogP contribution in [0.2, 0.25) is 0 Å². The van der Waals surface area contributed by atoms with E-state index < -0.39 is 0 Å². The fourth-order valence-corrected chi connectivity index (χ4v) is 15.4. The third-order valence-corrected chi connectivity index (χ3v) is 16.0. The number of piperidine rings is 4. The van der Waals surface area contributed by atoms with E-state index in [4.69, 9.17) is 15.0 Å². The normalized spacial score (nSPS) is 24.2. The molecule has 4 aliphatic heterocycles. The van der Waals surface area contributed by atoms with Crippen LogP contribution in [-0.4, -0.2) is 116 Å². The van der Waals surface area contributed by atoms with Gasteiger partial charge in [0.2, 0.25) is 17.8 Å². The Morgan fingerprint density at radius 1 is 0.431 bits per heavy atom. The molecule has 4 saturated heterocycles. The second kappa shape index (κ2) is 23.4. The Kier molecular flexibility index (Phi) is 19.8. The van der Waals surface area contributed by atoms with Crippen LogP contribution in [0.4, 0.5) is 17.8 Å². The van der Waals surface area contributed by atoms with Crippen LogP contribution in [0.15, 0.2) is 0 Å². The molecule has 418 valence electrons. The maximum Gasteiger partial charge on any atom is 0.232 e. The zero-order chi connectivity index (χ0) is 53.8. The van der Waals surface area contributed by atoms with Gasteiger partial charge in [0.1, 0.15) is 0 Å². The van der Waals surface area contributed by atoms with E-state index in [0.29, 0.717) is 24.2 Å². The van der Waals surface area contributed by atoms with Crippen LogP contribution in [0, 0.1) is 10.8 Å². The number of hydrogen-bond acceptors (Lipinski definition) is 12. The van der Waals surface area contributed by atoms with Gasteiger partial charge in [-0.2, -0.15) is 15.0 Å². The lowest BCUT2D eigenvalue weighted by Crippen LogP contribution is -2.63. The van der Waals surface area contributed by atoms with E-state index >= 15 is 0 Å². The van der Waals surface area contributed by atoms with Crippen molar-refractivity contribution in [1.29, 1.82) is 0 Å². The molecule has 0 saturated carbocycles. The fraction of sp³-hybridized carbons (Fsp3) is 0.950. The molecule has 0 amide bonds. The number of nitrogens with zero attached hydrogens (tertiary/aromatic N) is 5. The van der Waals surface area contributed by atoms with E-state index in [2.05, 4.69) is 192 Å². The van der Waals surface area contributed by atoms with Crippen molar-refractivity contribution in [3.05, 3.63) is 0 Å². The van der Waals surface area contributed by atoms with Crippen molar-refractivity contribution in [1.82, 2.24) is 46.9 Å². The van der Waals surface area contributed by atoms with Gasteiger partial charge in [-0.25, -0.2) is 0 Å². The fourth-order valence-electron chi connectivity index (χ4n) is 15.4. The average Bonchev–Trinajstić information content (AvgIpc) is 3.13. The number of hydrogen-bond donors (Lipinski definition) is 7. The summed E-state index contributed by atoms with van der Waals surface area (Å²) in [5.74, 6) is 2.41. The summed E-state index contributed by atoms with van der Waals surface area (Å²) in [6.45, 7) is 54.6. The Morgan fingerprint density at radius 2 is 0.736 bits per heavy atom. The van der Waals surface area contributed by atoms with Crippen LogP contribution in [0.25, 0.3) is 0 Å². The second-order valence-corrected chi connectivity index (χ2v) is 31.5. The van der Waals surface area contributed by atoms with Crippen LogP contribution >= 0.6 is 0 Å². The zero-order valence-electron chi connectivity index (χ0n) is 51.1. The summed E-state index contributed by atoms with van der Waals surface area (Å²) in [5.41, 5.74) is 0.835. The van der Waals surface area contributed by atoms with E-state index in [-0.39, 0.29) is 55.1 Å². The van der Waals surface area contributed by atoms with E-state index in [0.717, 1.165) is 95.5 Å². The van der Waals surface area contributed by atoms with Crippen molar-refractivity contribution < 1.29 is 0 Å². The maximum atomic E-state index is 5.70. The molecule has 7 N–H and O–H groups in total. The minimum atomic E-state index is -0.0172. The molecule has 0 bridgehead atoms. The van der Waals surface area contributed by atoms with Crippen molar-refractivity contribution in [2.75, 3.05) is 47.8 Å². The van der Waals surface area contributed by atoms with Crippen LogP contribution in [0.5, 0.6) is 0 Å². The Balaban J connectivity index is 1.41. The molecule has 0 aliphatic carbocycles. The standard InChI is InChI=1S/C60H118N12/c1-51(2,3)42-52(4,5)43-63-48-64-49(71(46-38-57(14,15)69-58(16,17)39-46)32-28-24-22-26-30-61-44-34-53(6,7)67-54(8,9)35-44)66-50(65-48)72(47-40-59(18,19)70-60(20,21)41-47)33-29-25-23-27-31-62-45-36-55(10,11)68-56(12,13)37-45/h44-47,61-62,67-70H,22-43H2,1-21H3,(H,63,64,65,66). The van der Waals surface area contributed by atoms with Gasteiger partial charge in [0.25, 0.3) is 0 Å². The highest BCUT2D eigenvalue weighted by atomic mass is 15.4. The number of rotatable bonds is 24. The molecule has 0 atom stereocenters. The summed E-state index contributed by atoms with van der Waals surface area (Å²) in [6, 6.07) is 1.72. The van der Waals surface area contributed by atoms with Crippen molar-refractivity contribution in [3.63, 3.8) is 0 Å². The Bertz CT molecular complexity index is 1660. The van der Waals surface area contributed by atoms with E-state index in [1.165, 1.54) is 64.2 Å². The lowest BCUT2D eigenvalue weighted by molar-refractivity contribution is 0.145. The second-order valence-electron chi connectivity index (χ2n) is 31.5. The molecule has 0 spiro atoms. The molecule has 4 aliphatic rings. The molecule has 0 unspecified atom stereocenters. The van der Waals surface area contributed by atoms with Gasteiger partial charge in [-0.3, -0.25) is 0 Å². The molecule has 5 rings (SSSR count). The number of nitrogens with one attached hydrogen (secondary N) is 7. The van der Waals surface area contributed by atoms with Gasteiger partial charge in [0.05, 0.1) is 0 Å². The predicted molar refractivity (Wildman–Crippen MR) is 311 cm³/mol. The van der Waals surface area contributed by atoms with Gasteiger partial charge < -0.3 is 47.0 Å². The molecule has 12 heteroatoms. The van der Waals surface area contributed by atoms with Crippen LogP contribution in [-0.2, 0) is 0 Å². The minimum absolute atomic E-state index is 0.0172. The van der Waals surface area contributed by atoms with E-state index in [1.807, 2.05) is 0 Å². The third-order valence-electron chi connectivity index (χ3n) is 16.0. The van der Waals surface area contributed by atoms with Gasteiger partial charge in [-0.1, -0.05) is 60.3 Å². The molecule has 0 aromatic carbocycles. The first-order valence-electron chi connectivity index (χ1n) is 29.5. The molecule has 72 heavy (non-hydrogen) atoms. The molecular weight excluding hydrogens is 889 g/mol. The molecular formula is C60H118N12. The summed E-state index contributed by atoms with van der Waals surface area (Å²) in [5, 5.41) is 27.5. The lowest BCUT2D eigenvalue weighted by atomic mass is 9.76. The third kappa shape index (κ3) is 20.6. The number of anilines is 3. The molecule has 1 aromatic rings. The molecule has 4 fully saturated rings. The Morgan fingerprint density at radius 3 is 1.06 bits per heavy atom. The predicted octanol–water partition coefficient (Wildman–Crippen LogP) is 11.9. The van der Waals surface area contributed by atoms with Crippen molar-refractivity contribution >= 4 is 17.8 Å². The topological polar surface area (TPSA) is 129 Å². The minimum Gasteiger partial charge on any atom is -0.353 e. The summed E-state index contributed by atoms with van der Waals surface area (Å²) in [7, 11) is 0. The van der Waals surface area contributed by atoms with Crippen LogP contribution in [0.3, 0.4) is 0 Å². The van der Waals surface area contributed by atoms with Crippen molar-refractivity contribution in [3.8, 4) is 0 Å². The largest absolute Gasteiger partial charge is 0.353 e.